The molecule has 0 spiro atoms. The van der Waals surface area contributed by atoms with Gasteiger partial charge in [-0.2, -0.15) is 0 Å². The number of allylic oxidation sites excluding steroid dienone is 9. The maximum atomic E-state index is 13.1. The fraction of sp³-hybridized carbons (Fsp3) is 0.853. The highest BCUT2D eigenvalue weighted by Gasteiger charge is 2.23. The Morgan fingerprint density at radius 2 is 0.726 bits per heavy atom. The largest absolute Gasteiger partial charge is 0.756 e. The smallest absolute Gasteiger partial charge is 0.268 e. The molecule has 8 nitrogen and oxygen atoms in total. The van der Waals surface area contributed by atoms with E-state index in [1.165, 1.54) is 276 Å². The van der Waals surface area contributed by atoms with E-state index in [2.05, 4.69) is 67.8 Å². The number of aliphatic hydroxyl groups is 1. The van der Waals surface area contributed by atoms with Gasteiger partial charge >= 0.3 is 0 Å². The van der Waals surface area contributed by atoms with Gasteiger partial charge in [0.2, 0.25) is 5.91 Å². The van der Waals surface area contributed by atoms with Crippen LogP contribution in [0.2, 0.25) is 0 Å². The van der Waals surface area contributed by atoms with Crippen molar-refractivity contribution in [3.05, 3.63) is 60.8 Å². The molecule has 3 unspecified atom stereocenters. The summed E-state index contributed by atoms with van der Waals surface area (Å²) in [7, 11) is 1.27. The lowest BCUT2D eigenvalue weighted by Gasteiger charge is -2.29. The molecule has 84 heavy (non-hydrogen) atoms. The maximum absolute atomic E-state index is 13.1. The topological polar surface area (TPSA) is 108 Å². The molecular weight excluding hydrogens is 1060 g/mol. The molecule has 0 fully saturated rings. The van der Waals surface area contributed by atoms with E-state index in [1.807, 2.05) is 27.2 Å². The van der Waals surface area contributed by atoms with Crippen LogP contribution in [0.1, 0.15) is 361 Å². The first-order valence-corrected chi connectivity index (χ1v) is 38.1. The van der Waals surface area contributed by atoms with Gasteiger partial charge in [0.05, 0.1) is 39.9 Å². The molecule has 0 aliphatic heterocycles. The monoisotopic (exact) mass is 1200 g/mol. The summed E-state index contributed by atoms with van der Waals surface area (Å²) in [6.45, 7) is 4.59. The fourth-order valence-corrected chi connectivity index (χ4v) is 11.8. The van der Waals surface area contributed by atoms with Crippen LogP contribution >= 0.6 is 7.82 Å². The molecule has 0 saturated carbocycles. The zero-order valence-corrected chi connectivity index (χ0v) is 57.5. The number of nitrogens with zero attached hydrogens (tertiary/aromatic N) is 1. The van der Waals surface area contributed by atoms with Crippen molar-refractivity contribution >= 4 is 13.7 Å². The van der Waals surface area contributed by atoms with E-state index in [0.717, 1.165) is 64.2 Å². The van der Waals surface area contributed by atoms with Crippen molar-refractivity contribution < 1.29 is 32.9 Å². The number of unbranched alkanes of at least 4 members (excludes halogenated alkanes) is 47. The summed E-state index contributed by atoms with van der Waals surface area (Å²) in [5.41, 5.74) is 0. The number of carbonyl (C=O) groups is 1. The van der Waals surface area contributed by atoms with Crippen LogP contribution in [0.15, 0.2) is 60.8 Å². The Bertz CT molecular complexity index is 1550. The summed E-state index contributed by atoms with van der Waals surface area (Å²) in [6, 6.07) is -0.889. The second-order valence-corrected chi connectivity index (χ2v) is 27.7. The molecule has 9 heteroatoms. The number of phosphoric ester groups is 1. The van der Waals surface area contributed by atoms with E-state index >= 15 is 0 Å². The Kier molecular flexibility index (Phi) is 64.2. The number of amides is 1. The first-order valence-electron chi connectivity index (χ1n) is 36.7. The third-order valence-corrected chi connectivity index (χ3v) is 17.7. The molecule has 0 bridgehead atoms. The number of aliphatic hydroxyl groups excluding tert-OH is 1. The first-order chi connectivity index (χ1) is 41.0. The number of carbonyl (C=O) groups excluding carboxylic acids is 1. The highest BCUT2D eigenvalue weighted by Crippen LogP contribution is 2.38. The van der Waals surface area contributed by atoms with Gasteiger partial charge in [0.1, 0.15) is 13.2 Å². The quantitative estimate of drug-likeness (QED) is 0.0272. The second-order valence-electron chi connectivity index (χ2n) is 26.3. The Hall–Kier alpha value is -1.80. The second kappa shape index (κ2) is 65.6. The Morgan fingerprint density at radius 3 is 1.06 bits per heavy atom. The van der Waals surface area contributed by atoms with Crippen molar-refractivity contribution in [3.63, 3.8) is 0 Å². The van der Waals surface area contributed by atoms with Gasteiger partial charge in [-0.15, -0.1) is 0 Å². The van der Waals surface area contributed by atoms with Crippen molar-refractivity contribution in [2.24, 2.45) is 0 Å². The number of nitrogens with one attached hydrogen (secondary N) is 1. The normalized spacial score (nSPS) is 13.9. The van der Waals surface area contributed by atoms with Crippen molar-refractivity contribution in [3.8, 4) is 0 Å². The van der Waals surface area contributed by atoms with Crippen LogP contribution in [-0.2, 0) is 18.4 Å². The van der Waals surface area contributed by atoms with Crippen molar-refractivity contribution in [2.75, 3.05) is 40.9 Å². The average Bonchev–Trinajstić information content (AvgIpc) is 3.56. The standard InChI is InChI=1S/C75H143N2O6P/c1-6-8-10-12-14-16-18-20-22-24-26-28-30-32-34-36-38-40-42-44-46-48-50-52-54-56-58-60-62-64-66-68-74(78)73(72-83-84(80,81)82-71-70-77(3,4)5)76-75(79)69-67-65-63-61-59-57-55-53-51-49-47-45-43-41-39-37-35-33-31-29-27-25-23-21-19-17-15-13-11-9-7-2/h9,11,15,17,21,23,27,29,66,68,73-74,78H,6-8,10,12-14,16,18-20,22,24-26,28,30-65,67,69-72H2,1-5H3,(H-,76,79,80,81)/b11-9-,17-15-,23-21-,29-27-,68-66+. The van der Waals surface area contributed by atoms with Crippen LogP contribution in [0.3, 0.4) is 0 Å². The van der Waals surface area contributed by atoms with Crippen LogP contribution in [0, 0.1) is 0 Å². The molecule has 494 valence electrons. The molecule has 3 atom stereocenters. The minimum Gasteiger partial charge on any atom is -0.756 e. The average molecular weight is 1200 g/mol. The third-order valence-electron chi connectivity index (χ3n) is 16.7. The number of quaternary nitrogens is 1. The molecule has 0 rings (SSSR count). The Balaban J connectivity index is 4.02. The van der Waals surface area contributed by atoms with E-state index in [9.17, 15) is 19.4 Å². The number of rotatable bonds is 68. The zero-order valence-electron chi connectivity index (χ0n) is 56.6. The number of hydrogen-bond acceptors (Lipinski definition) is 6. The van der Waals surface area contributed by atoms with E-state index in [1.54, 1.807) is 6.08 Å². The van der Waals surface area contributed by atoms with Gasteiger partial charge in [-0.1, -0.05) is 357 Å². The van der Waals surface area contributed by atoms with E-state index in [-0.39, 0.29) is 19.1 Å². The molecule has 0 aliphatic rings. The SMILES string of the molecule is CC/C=C\C/C=C\C/C=C\C/C=C\CCCCCCCCCCCCCCCCCCCCC(=O)NC(COP(=O)([O-])OCC[N+](C)(C)C)C(O)/C=C/CCCCCCCCCCCCCCCCCCCCCCCCCCCCCCC. The summed E-state index contributed by atoms with van der Waals surface area (Å²) < 4.78 is 23.5. The van der Waals surface area contributed by atoms with Crippen LogP contribution in [-0.4, -0.2) is 68.5 Å². The van der Waals surface area contributed by atoms with Gasteiger partial charge in [0, 0.05) is 6.42 Å². The lowest BCUT2D eigenvalue weighted by Crippen LogP contribution is -2.45. The molecule has 0 aromatic heterocycles. The van der Waals surface area contributed by atoms with Crippen LogP contribution < -0.4 is 10.2 Å². The molecule has 0 heterocycles. The molecule has 0 saturated heterocycles. The molecule has 0 radical (unpaired) electrons. The molecule has 1 amide bonds. The van der Waals surface area contributed by atoms with Crippen molar-refractivity contribution in [1.82, 2.24) is 5.32 Å². The lowest BCUT2D eigenvalue weighted by molar-refractivity contribution is -0.870. The third kappa shape index (κ3) is 67.7. The lowest BCUT2D eigenvalue weighted by atomic mass is 10.0. The molecule has 0 aliphatic carbocycles. The highest BCUT2D eigenvalue weighted by atomic mass is 31.2. The van der Waals surface area contributed by atoms with Gasteiger partial charge in [0.25, 0.3) is 7.82 Å². The van der Waals surface area contributed by atoms with Gasteiger partial charge in [0.15, 0.2) is 0 Å². The van der Waals surface area contributed by atoms with Crippen LogP contribution in [0.5, 0.6) is 0 Å². The molecule has 2 N–H and O–H groups in total. The van der Waals surface area contributed by atoms with Gasteiger partial charge in [-0.3, -0.25) is 9.36 Å². The summed E-state index contributed by atoms with van der Waals surface area (Å²) in [5.74, 6) is -0.192. The summed E-state index contributed by atoms with van der Waals surface area (Å²) in [6.07, 6.45) is 90.7. The van der Waals surface area contributed by atoms with E-state index < -0.39 is 20.0 Å². The number of hydrogen-bond donors (Lipinski definition) is 2. The van der Waals surface area contributed by atoms with Gasteiger partial charge < -0.3 is 28.8 Å². The minimum atomic E-state index is -4.61. The molecule has 0 aromatic rings. The van der Waals surface area contributed by atoms with Crippen molar-refractivity contribution in [1.29, 1.82) is 0 Å². The number of phosphoric acid groups is 1. The molecule has 0 aromatic carbocycles. The Labute approximate surface area is 523 Å². The molecular formula is C75H143N2O6P. The van der Waals surface area contributed by atoms with E-state index in [0.29, 0.717) is 17.4 Å². The summed E-state index contributed by atoms with van der Waals surface area (Å²) in [5, 5.41) is 14.0. The first kappa shape index (κ1) is 82.2. The van der Waals surface area contributed by atoms with Gasteiger partial charge in [-0.05, 0) is 57.8 Å². The predicted molar refractivity (Wildman–Crippen MR) is 367 cm³/mol. The van der Waals surface area contributed by atoms with E-state index in [4.69, 9.17) is 9.05 Å². The van der Waals surface area contributed by atoms with Crippen LogP contribution in [0.25, 0.3) is 0 Å². The number of likely N-dealkylation sites (N-methyl/N-ethyl adjacent to an activating group) is 1. The minimum absolute atomic E-state index is 0.000446. The fourth-order valence-electron chi connectivity index (χ4n) is 11.1. The van der Waals surface area contributed by atoms with Gasteiger partial charge in [-0.25, -0.2) is 0 Å². The van der Waals surface area contributed by atoms with Crippen LogP contribution in [0.4, 0.5) is 0 Å². The summed E-state index contributed by atoms with van der Waals surface area (Å²) >= 11 is 0. The Morgan fingerprint density at radius 1 is 0.429 bits per heavy atom. The highest BCUT2D eigenvalue weighted by molar-refractivity contribution is 7.45. The zero-order chi connectivity index (χ0) is 61.2. The maximum Gasteiger partial charge on any atom is 0.268 e. The summed E-state index contributed by atoms with van der Waals surface area (Å²) in [4.78, 5) is 25.7. The van der Waals surface area contributed by atoms with Crippen molar-refractivity contribution in [2.45, 2.75) is 373 Å². The predicted octanol–water partition coefficient (Wildman–Crippen LogP) is 22.9.